The molecular weight excluding hydrogens is 527 g/mol. The van der Waals surface area contributed by atoms with Gasteiger partial charge in [0, 0.05) is 31.8 Å². The Hall–Kier alpha value is -1.71. The largest absolute Gasteiger partial charge is 0.346 e. The van der Waals surface area contributed by atoms with Gasteiger partial charge in [0.25, 0.3) is 0 Å². The van der Waals surface area contributed by atoms with Crippen LogP contribution >= 0.6 is 34.8 Å². The fourth-order valence-electron chi connectivity index (χ4n) is 4.72. The molecule has 0 saturated carbocycles. The molecule has 0 radical (unpaired) electrons. The van der Waals surface area contributed by atoms with Crippen molar-refractivity contribution in [3.63, 3.8) is 0 Å². The molecule has 3 aliphatic heterocycles. The number of halogens is 3. The maximum atomic E-state index is 6.41. The molecule has 0 spiro atoms. The van der Waals surface area contributed by atoms with Crippen LogP contribution in [0.5, 0.6) is 0 Å². The third kappa shape index (κ3) is 5.16. The molecule has 6 rings (SSSR count). The number of rotatable bonds is 3. The van der Waals surface area contributed by atoms with Gasteiger partial charge in [-0.25, -0.2) is 0 Å². The number of benzene rings is 3. The monoisotopic (exact) mass is 548 g/mol. The highest BCUT2D eigenvalue weighted by molar-refractivity contribution is 6.31. The Labute approximate surface area is 223 Å². The normalized spacial score (nSPS) is 32.2. The van der Waals surface area contributed by atoms with Gasteiger partial charge in [0.2, 0.25) is 0 Å². The summed E-state index contributed by atoms with van der Waals surface area (Å²) in [5, 5.41) is 1.78. The predicted octanol–water partition coefficient (Wildman–Crippen LogP) is 6.66. The highest BCUT2D eigenvalue weighted by Gasteiger charge is 2.51. The highest BCUT2D eigenvalue weighted by Crippen LogP contribution is 2.43. The van der Waals surface area contributed by atoms with E-state index in [1.165, 1.54) is 0 Å². The first-order valence-electron chi connectivity index (χ1n) is 11.6. The molecule has 7 atom stereocenters. The summed E-state index contributed by atoms with van der Waals surface area (Å²) < 4.78 is 38.1. The van der Waals surface area contributed by atoms with E-state index in [0.29, 0.717) is 15.1 Å². The summed E-state index contributed by atoms with van der Waals surface area (Å²) in [4.78, 5) is 0. The lowest BCUT2D eigenvalue weighted by molar-refractivity contribution is -0.384. The zero-order valence-corrected chi connectivity index (χ0v) is 21.2. The zero-order chi connectivity index (χ0) is 24.6. The Morgan fingerprint density at radius 2 is 0.889 bits per heavy atom. The third-order valence-electron chi connectivity index (χ3n) is 6.40. The first-order chi connectivity index (χ1) is 17.5. The van der Waals surface area contributed by atoms with Crippen LogP contribution in [0.1, 0.15) is 35.6 Å². The predicted molar refractivity (Wildman–Crippen MR) is 134 cm³/mol. The van der Waals surface area contributed by atoms with Gasteiger partial charge in [0.1, 0.15) is 24.4 Å². The minimum absolute atomic E-state index is 0.202. The molecule has 0 aromatic heterocycles. The van der Waals surface area contributed by atoms with Gasteiger partial charge in [-0.05, 0) is 36.4 Å². The van der Waals surface area contributed by atoms with Crippen molar-refractivity contribution in [3.8, 4) is 0 Å². The molecule has 6 nitrogen and oxygen atoms in total. The van der Waals surface area contributed by atoms with Gasteiger partial charge in [0.15, 0.2) is 18.9 Å². The van der Waals surface area contributed by atoms with E-state index in [2.05, 4.69) is 0 Å². The molecule has 0 N–H and O–H groups in total. The topological polar surface area (TPSA) is 55.4 Å². The van der Waals surface area contributed by atoms with Crippen molar-refractivity contribution in [1.82, 2.24) is 0 Å². The molecule has 0 aliphatic carbocycles. The van der Waals surface area contributed by atoms with Crippen molar-refractivity contribution in [1.29, 1.82) is 0 Å². The lowest BCUT2D eigenvalue weighted by Crippen LogP contribution is -2.59. The quantitative estimate of drug-likeness (QED) is 0.364. The minimum atomic E-state index is -0.668. The summed E-state index contributed by atoms with van der Waals surface area (Å²) in [6, 6.07) is 22.2. The fraction of sp³-hybridized carbons (Fsp3) is 0.333. The molecule has 0 amide bonds. The van der Waals surface area contributed by atoms with Crippen LogP contribution in [0.3, 0.4) is 0 Å². The Kier molecular flexibility index (Phi) is 7.23. The molecule has 4 bridgehead atoms. The molecule has 188 valence electrons. The van der Waals surface area contributed by atoms with Gasteiger partial charge in [0.05, 0.1) is 13.2 Å². The van der Waals surface area contributed by atoms with Crippen LogP contribution in [0, 0.1) is 0 Å². The van der Waals surface area contributed by atoms with E-state index < -0.39 is 43.3 Å². The summed E-state index contributed by atoms with van der Waals surface area (Å²) in [6.07, 6.45) is -3.87. The fourth-order valence-corrected chi connectivity index (χ4v) is 5.32. The number of ether oxygens (including phenoxy) is 6. The van der Waals surface area contributed by atoms with E-state index in [0.717, 1.165) is 16.7 Å². The molecule has 36 heavy (non-hydrogen) atoms. The van der Waals surface area contributed by atoms with Crippen molar-refractivity contribution < 1.29 is 28.4 Å². The molecule has 3 heterocycles. The van der Waals surface area contributed by atoms with E-state index in [1.807, 2.05) is 54.6 Å². The summed E-state index contributed by atoms with van der Waals surface area (Å²) in [6.45, 7) is 0.404. The van der Waals surface area contributed by atoms with Crippen LogP contribution in [-0.4, -0.2) is 37.6 Å². The van der Waals surface area contributed by atoms with E-state index >= 15 is 0 Å². The zero-order valence-electron chi connectivity index (χ0n) is 19.0. The second kappa shape index (κ2) is 10.6. The van der Waals surface area contributed by atoms with E-state index in [1.54, 1.807) is 18.2 Å². The van der Waals surface area contributed by atoms with Crippen LogP contribution in [0.25, 0.3) is 0 Å². The van der Waals surface area contributed by atoms with Crippen LogP contribution in [-0.2, 0) is 28.4 Å². The lowest BCUT2D eigenvalue weighted by atomic mass is 9.99. The third-order valence-corrected chi connectivity index (χ3v) is 7.11. The summed E-state index contributed by atoms with van der Waals surface area (Å²) in [5.74, 6) is 0. The first-order valence-corrected chi connectivity index (χ1v) is 12.8. The maximum absolute atomic E-state index is 6.41. The van der Waals surface area contributed by atoms with Gasteiger partial charge in [-0.1, -0.05) is 71.2 Å². The Bertz CT molecular complexity index is 1150. The first kappa shape index (κ1) is 24.6. The molecule has 3 aliphatic rings. The molecule has 9 heteroatoms. The van der Waals surface area contributed by atoms with E-state index in [9.17, 15) is 0 Å². The smallest absolute Gasteiger partial charge is 0.185 e. The van der Waals surface area contributed by atoms with Crippen molar-refractivity contribution in [3.05, 3.63) is 105 Å². The highest BCUT2D eigenvalue weighted by atomic mass is 35.5. The second-order valence-electron chi connectivity index (χ2n) is 8.88. The van der Waals surface area contributed by atoms with Gasteiger partial charge >= 0.3 is 0 Å². The Morgan fingerprint density at radius 3 is 1.28 bits per heavy atom. The van der Waals surface area contributed by atoms with Crippen molar-refractivity contribution >= 4 is 34.8 Å². The molecule has 3 aromatic carbocycles. The number of hydrogen-bond acceptors (Lipinski definition) is 6. The standard InChI is InChI=1S/C27H23Cl3O6/c28-18-7-1-4-15(10-18)25-31-13-21-24-23(35-26(33-21)16-5-2-8-19(29)11-16)22(14-32-25)34-27(36-24)17-6-3-9-20(30)12-17/h1-12,21-27H,13-14H2/t21-,22+,23-,24-,25?,26?,27?/m1/s1. The average Bonchev–Trinajstić information content (AvgIpc) is 2.90. The SMILES string of the molecule is Clc1cccc(C2OC[C@@H]3OC(c4cccc(Cl)c4)O[C@H]4[C@@H]3OC(c3cccc(Cl)c3)O[C@@H]4CO2)c1. The van der Waals surface area contributed by atoms with Gasteiger partial charge in [-0.3, -0.25) is 0 Å². The Balaban J connectivity index is 1.33. The summed E-state index contributed by atoms with van der Waals surface area (Å²) >= 11 is 18.7. The van der Waals surface area contributed by atoms with Crippen molar-refractivity contribution in [2.45, 2.75) is 43.3 Å². The van der Waals surface area contributed by atoms with Crippen molar-refractivity contribution in [2.75, 3.05) is 13.2 Å². The summed E-state index contributed by atoms with van der Waals surface area (Å²) in [7, 11) is 0. The maximum Gasteiger partial charge on any atom is 0.185 e. The minimum Gasteiger partial charge on any atom is -0.346 e. The molecule has 3 aromatic rings. The second-order valence-corrected chi connectivity index (χ2v) is 10.2. The van der Waals surface area contributed by atoms with Crippen LogP contribution in [0.2, 0.25) is 15.1 Å². The molecule has 3 unspecified atom stereocenters. The van der Waals surface area contributed by atoms with Crippen LogP contribution in [0.15, 0.2) is 72.8 Å². The number of hydrogen-bond donors (Lipinski definition) is 0. The van der Waals surface area contributed by atoms with Gasteiger partial charge < -0.3 is 28.4 Å². The molecule has 3 saturated heterocycles. The summed E-state index contributed by atoms with van der Waals surface area (Å²) in [5.41, 5.74) is 2.40. The van der Waals surface area contributed by atoms with E-state index in [-0.39, 0.29) is 13.2 Å². The lowest BCUT2D eigenvalue weighted by Gasteiger charge is -2.48. The average molecular weight is 550 g/mol. The van der Waals surface area contributed by atoms with Gasteiger partial charge in [-0.15, -0.1) is 0 Å². The molecule has 3 fully saturated rings. The van der Waals surface area contributed by atoms with E-state index in [4.69, 9.17) is 63.2 Å². The van der Waals surface area contributed by atoms with Crippen LogP contribution < -0.4 is 0 Å². The van der Waals surface area contributed by atoms with Gasteiger partial charge in [-0.2, -0.15) is 0 Å². The molecular formula is C27H23Cl3O6. The van der Waals surface area contributed by atoms with Crippen LogP contribution in [0.4, 0.5) is 0 Å². The Morgan fingerprint density at radius 1 is 0.500 bits per heavy atom. The van der Waals surface area contributed by atoms with Crippen molar-refractivity contribution in [2.24, 2.45) is 0 Å².